The van der Waals surface area contributed by atoms with Crippen LogP contribution in [-0.4, -0.2) is 0 Å². The van der Waals surface area contributed by atoms with Crippen LogP contribution in [0.4, 0.5) is 0 Å². The molecular weight excluding hydrogens is 319 g/mol. The maximum absolute atomic E-state index is 2.30. The Labute approximate surface area is 144 Å². The van der Waals surface area contributed by atoms with E-state index < -0.39 is 0 Å². The molecule has 0 radical (unpaired) electrons. The van der Waals surface area contributed by atoms with Gasteiger partial charge in [0.05, 0.1) is 0 Å². The Kier molecular flexibility index (Phi) is 14.0. The molecule has 0 aliphatic heterocycles. The quantitative estimate of drug-likeness (QED) is 0.476. The number of hydrogen-bond donors (Lipinski definition) is 0. The molecule has 2 aromatic carbocycles. The fraction of sp³-hybridized carbons (Fsp3) is 0.158. The fourth-order valence-electron chi connectivity index (χ4n) is 1.83. The maximum atomic E-state index is 2.30. The first kappa shape index (κ1) is 21.4. The first-order valence-electron chi connectivity index (χ1n) is 6.22. The molecule has 0 spiro atoms. The van der Waals surface area contributed by atoms with E-state index in [9.17, 15) is 0 Å². The van der Waals surface area contributed by atoms with E-state index in [1.54, 1.807) is 0 Å². The van der Waals surface area contributed by atoms with Crippen LogP contribution in [0.3, 0.4) is 0 Å². The van der Waals surface area contributed by atoms with Crippen molar-refractivity contribution in [2.45, 2.75) is 19.3 Å². The fourth-order valence-corrected chi connectivity index (χ4v) is 1.83. The van der Waals surface area contributed by atoms with Gasteiger partial charge in [-0.2, -0.15) is 48.2 Å². The Hall–Kier alpha value is -0.937. The summed E-state index contributed by atoms with van der Waals surface area (Å²) in [5.74, 6) is 0. The van der Waals surface area contributed by atoms with Crippen molar-refractivity contribution >= 4 is 0 Å². The second kappa shape index (κ2) is 13.1. The third kappa shape index (κ3) is 8.28. The van der Waals surface area contributed by atoms with E-state index in [1.807, 2.05) is 0 Å². The Morgan fingerprint density at radius 1 is 0.600 bits per heavy atom. The summed E-state index contributed by atoms with van der Waals surface area (Å²) in [6, 6.07) is 21.1. The van der Waals surface area contributed by atoms with E-state index in [4.69, 9.17) is 0 Å². The monoisotopic (exact) mass is 342 g/mol. The summed E-state index contributed by atoms with van der Waals surface area (Å²) in [4.78, 5) is 0. The predicted octanol–water partition coefficient (Wildman–Crippen LogP) is 5.56. The van der Waals surface area contributed by atoms with Gasteiger partial charge in [-0.25, -0.2) is 0 Å². The van der Waals surface area contributed by atoms with E-state index in [-0.39, 0.29) is 41.1 Å². The normalized spacial score (nSPS) is 8.40. The molecule has 0 aromatic heterocycles. The van der Waals surface area contributed by atoms with Crippen molar-refractivity contribution in [3.8, 4) is 0 Å². The summed E-state index contributed by atoms with van der Waals surface area (Å²) in [6.07, 6.45) is 8.11. The molecule has 0 saturated heterocycles. The van der Waals surface area contributed by atoms with Gasteiger partial charge in [-0.3, -0.25) is 0 Å². The largest absolute Gasteiger partial charge is 4.00 e. The van der Waals surface area contributed by atoms with Crippen LogP contribution in [0.1, 0.15) is 30.4 Å². The summed E-state index contributed by atoms with van der Waals surface area (Å²) >= 11 is 0. The van der Waals surface area contributed by atoms with Gasteiger partial charge in [0.25, 0.3) is 0 Å². The molecule has 104 valence electrons. The zero-order chi connectivity index (χ0) is 11.8. The number of benzene rings is 2. The van der Waals surface area contributed by atoms with Gasteiger partial charge in [0.2, 0.25) is 0 Å². The molecule has 2 aromatic rings. The van der Waals surface area contributed by atoms with Gasteiger partial charge in [-0.1, -0.05) is 31.4 Å². The first-order chi connectivity index (χ1) is 8.45. The third-order valence-corrected chi connectivity index (χ3v) is 2.77. The second-order valence-corrected chi connectivity index (χ2v) is 4.16. The smallest absolute Gasteiger partial charge is 0.358 e. The minimum absolute atomic E-state index is 0. The third-order valence-electron chi connectivity index (χ3n) is 2.77. The van der Waals surface area contributed by atoms with Crippen LogP contribution >= 0.6 is 0 Å². The minimum Gasteiger partial charge on any atom is -0.358 e. The van der Waals surface area contributed by atoms with Crippen LogP contribution in [0, 0.1) is 27.7 Å². The van der Waals surface area contributed by atoms with Gasteiger partial charge in [0, 0.05) is 0 Å². The van der Waals surface area contributed by atoms with Crippen molar-refractivity contribution < 1.29 is 26.2 Å². The van der Waals surface area contributed by atoms with Gasteiger partial charge in [-0.15, -0.1) is 24.3 Å². The van der Waals surface area contributed by atoms with E-state index in [2.05, 4.69) is 73.5 Å². The van der Waals surface area contributed by atoms with E-state index in [1.165, 1.54) is 17.5 Å². The zero-order valence-corrected chi connectivity index (χ0v) is 15.0. The SMILES string of the molecule is [CH3-].[CH3-].[Zr+4].c1ccc([CH-]CCC[CH-]c2ccccc2)cc1. The molecule has 0 fully saturated rings. The van der Waals surface area contributed by atoms with Gasteiger partial charge < -0.3 is 14.9 Å². The number of unbranched alkanes of at least 4 members (excludes halogenated alkanes) is 2. The van der Waals surface area contributed by atoms with Crippen molar-refractivity contribution in [1.29, 1.82) is 0 Å². The Morgan fingerprint density at radius 3 is 1.30 bits per heavy atom. The molecule has 0 aliphatic carbocycles. The summed E-state index contributed by atoms with van der Waals surface area (Å²) < 4.78 is 0. The molecule has 20 heavy (non-hydrogen) atoms. The standard InChI is InChI=1S/C17H18.2CH3.Zr/c1-4-10-16(11-5-1)14-8-3-9-15-17-12-6-2-7-13-17;;;/h1-2,4-7,10-15H,3,8-9H2;2*1H3;/q-2;2*-1;+4. The van der Waals surface area contributed by atoms with Crippen LogP contribution < -0.4 is 0 Å². The van der Waals surface area contributed by atoms with Crippen molar-refractivity contribution in [2.24, 2.45) is 0 Å². The predicted molar refractivity (Wildman–Crippen MR) is 86.4 cm³/mol. The zero-order valence-electron chi connectivity index (χ0n) is 12.5. The van der Waals surface area contributed by atoms with Crippen LogP contribution in [0.5, 0.6) is 0 Å². The minimum atomic E-state index is 0. The Balaban J connectivity index is 0. The summed E-state index contributed by atoms with van der Waals surface area (Å²) in [5.41, 5.74) is 2.65. The molecule has 0 heterocycles. The summed E-state index contributed by atoms with van der Waals surface area (Å²) in [6.45, 7) is 0. The molecule has 1 heteroatoms. The average molecular weight is 344 g/mol. The molecular formula is C19H24Zr. The average Bonchev–Trinajstić information content (AvgIpc) is 2.41. The molecule has 0 saturated carbocycles. The molecule has 0 unspecified atom stereocenters. The van der Waals surface area contributed by atoms with Gasteiger partial charge in [-0.05, 0) is 0 Å². The summed E-state index contributed by atoms with van der Waals surface area (Å²) in [5, 5.41) is 0. The molecule has 0 atom stereocenters. The molecule has 0 nitrogen and oxygen atoms in total. The first-order valence-corrected chi connectivity index (χ1v) is 6.22. The van der Waals surface area contributed by atoms with E-state index in [0.29, 0.717) is 0 Å². The van der Waals surface area contributed by atoms with Crippen LogP contribution in [0.15, 0.2) is 60.7 Å². The van der Waals surface area contributed by atoms with E-state index in [0.717, 1.165) is 12.8 Å². The van der Waals surface area contributed by atoms with Crippen LogP contribution in [0.2, 0.25) is 0 Å². The molecule has 2 rings (SSSR count). The van der Waals surface area contributed by atoms with Crippen molar-refractivity contribution in [3.63, 3.8) is 0 Å². The summed E-state index contributed by atoms with van der Waals surface area (Å²) in [7, 11) is 0. The molecule has 0 bridgehead atoms. The van der Waals surface area contributed by atoms with E-state index >= 15 is 0 Å². The maximum Gasteiger partial charge on any atom is 4.00 e. The topological polar surface area (TPSA) is 0 Å². The van der Waals surface area contributed by atoms with Crippen molar-refractivity contribution in [3.05, 3.63) is 99.5 Å². The Bertz CT molecular complexity index is 367. The molecule has 0 aliphatic rings. The van der Waals surface area contributed by atoms with Gasteiger partial charge in [0.15, 0.2) is 0 Å². The van der Waals surface area contributed by atoms with Crippen LogP contribution in [0.25, 0.3) is 0 Å². The molecule has 0 N–H and O–H groups in total. The Morgan fingerprint density at radius 2 is 0.950 bits per heavy atom. The van der Waals surface area contributed by atoms with Crippen LogP contribution in [-0.2, 0) is 26.2 Å². The van der Waals surface area contributed by atoms with Gasteiger partial charge >= 0.3 is 26.2 Å². The van der Waals surface area contributed by atoms with Crippen molar-refractivity contribution in [2.75, 3.05) is 0 Å². The second-order valence-electron chi connectivity index (χ2n) is 4.16. The van der Waals surface area contributed by atoms with Crippen molar-refractivity contribution in [1.82, 2.24) is 0 Å². The molecule has 0 amide bonds. The number of hydrogen-bond acceptors (Lipinski definition) is 0. The van der Waals surface area contributed by atoms with Gasteiger partial charge in [0.1, 0.15) is 0 Å². The number of rotatable bonds is 6.